The minimum Gasteiger partial charge on any atom is -0.455 e. The predicted octanol–water partition coefficient (Wildman–Crippen LogP) is 1.80. The van der Waals surface area contributed by atoms with E-state index in [0.717, 1.165) is 12.8 Å². The number of ether oxygens (including phenoxy) is 1. The van der Waals surface area contributed by atoms with Crippen LogP contribution in [0.15, 0.2) is 12.2 Å². The van der Waals surface area contributed by atoms with E-state index in [1.165, 1.54) is 12.8 Å². The maximum atomic E-state index is 10.8. The minimum absolute atomic E-state index is 0.129. The Morgan fingerprint density at radius 3 is 2.93 bits per heavy atom. The number of aliphatic hydroxyl groups excluding tert-OH is 1. The molecule has 1 aliphatic rings. The maximum absolute atomic E-state index is 10.8. The summed E-state index contributed by atoms with van der Waals surface area (Å²) in [5.74, 6) is -0.305. The molecule has 1 saturated heterocycles. The number of unbranched alkanes of at least 4 members (excludes halogenated alkanes) is 3. The van der Waals surface area contributed by atoms with Crippen molar-refractivity contribution in [2.75, 3.05) is 0 Å². The Balaban J connectivity index is 2.19. The number of carbonyl (C=O) groups excluding carboxylic acids is 1. The van der Waals surface area contributed by atoms with Crippen LogP contribution in [-0.4, -0.2) is 23.3 Å². The van der Waals surface area contributed by atoms with Gasteiger partial charge in [0.25, 0.3) is 0 Å². The summed E-state index contributed by atoms with van der Waals surface area (Å²) < 4.78 is 4.90. The molecule has 1 aliphatic heterocycles. The second kappa shape index (κ2) is 5.81. The SMILES string of the molecule is CCCCCC=C[C@@H]1OC(=O)C[C@@H]1O. The molecule has 0 saturated carbocycles. The van der Waals surface area contributed by atoms with Gasteiger partial charge in [-0.05, 0) is 18.9 Å². The average molecular weight is 198 g/mol. The van der Waals surface area contributed by atoms with Gasteiger partial charge in [0.15, 0.2) is 0 Å². The number of cyclic esters (lactones) is 1. The monoisotopic (exact) mass is 198 g/mol. The number of hydrogen-bond donors (Lipinski definition) is 1. The quantitative estimate of drug-likeness (QED) is 0.416. The minimum atomic E-state index is -0.648. The van der Waals surface area contributed by atoms with Crippen molar-refractivity contribution in [3.05, 3.63) is 12.2 Å². The van der Waals surface area contributed by atoms with E-state index in [0.29, 0.717) is 0 Å². The van der Waals surface area contributed by atoms with Crippen molar-refractivity contribution in [2.45, 2.75) is 51.2 Å². The zero-order valence-corrected chi connectivity index (χ0v) is 8.61. The third-order valence-electron chi connectivity index (χ3n) is 2.32. The Morgan fingerprint density at radius 1 is 1.57 bits per heavy atom. The zero-order valence-electron chi connectivity index (χ0n) is 8.61. The smallest absolute Gasteiger partial charge is 0.309 e. The first kappa shape index (κ1) is 11.2. The molecule has 0 aromatic heterocycles. The van der Waals surface area contributed by atoms with Gasteiger partial charge in [0, 0.05) is 0 Å². The molecule has 80 valence electrons. The van der Waals surface area contributed by atoms with Crippen LogP contribution >= 0.6 is 0 Å². The molecule has 0 amide bonds. The molecule has 0 radical (unpaired) electrons. The molecule has 1 N–H and O–H groups in total. The number of allylic oxidation sites excluding steroid dienone is 1. The van der Waals surface area contributed by atoms with Crippen molar-refractivity contribution >= 4 is 5.97 Å². The lowest BCUT2D eigenvalue weighted by molar-refractivity contribution is -0.140. The van der Waals surface area contributed by atoms with Crippen LogP contribution in [0, 0.1) is 0 Å². The topological polar surface area (TPSA) is 46.5 Å². The van der Waals surface area contributed by atoms with Gasteiger partial charge < -0.3 is 9.84 Å². The third-order valence-corrected chi connectivity index (χ3v) is 2.32. The van der Waals surface area contributed by atoms with E-state index in [2.05, 4.69) is 6.92 Å². The van der Waals surface area contributed by atoms with E-state index >= 15 is 0 Å². The van der Waals surface area contributed by atoms with Gasteiger partial charge in [-0.15, -0.1) is 0 Å². The Morgan fingerprint density at radius 2 is 2.36 bits per heavy atom. The van der Waals surface area contributed by atoms with Gasteiger partial charge in [-0.25, -0.2) is 0 Å². The van der Waals surface area contributed by atoms with Gasteiger partial charge in [-0.1, -0.05) is 25.8 Å². The number of carbonyl (C=O) groups is 1. The first-order valence-corrected chi connectivity index (χ1v) is 5.28. The fraction of sp³-hybridized carbons (Fsp3) is 0.727. The second-order valence-electron chi connectivity index (χ2n) is 3.65. The molecular weight excluding hydrogens is 180 g/mol. The second-order valence-corrected chi connectivity index (χ2v) is 3.65. The molecule has 3 heteroatoms. The Labute approximate surface area is 84.8 Å². The van der Waals surface area contributed by atoms with Gasteiger partial charge in [-0.3, -0.25) is 4.79 Å². The summed E-state index contributed by atoms with van der Waals surface area (Å²) in [5, 5.41) is 9.36. The largest absolute Gasteiger partial charge is 0.455 e. The first-order chi connectivity index (χ1) is 6.74. The Bertz CT molecular complexity index is 211. The van der Waals surface area contributed by atoms with E-state index in [1.54, 1.807) is 6.08 Å². The van der Waals surface area contributed by atoms with Crippen molar-refractivity contribution in [3.8, 4) is 0 Å². The van der Waals surface area contributed by atoms with Crippen LogP contribution in [-0.2, 0) is 9.53 Å². The number of aliphatic hydroxyl groups is 1. The van der Waals surface area contributed by atoms with Crippen LogP contribution in [0.3, 0.4) is 0 Å². The lowest BCUT2D eigenvalue weighted by atomic mass is 10.1. The highest BCUT2D eigenvalue weighted by Gasteiger charge is 2.30. The van der Waals surface area contributed by atoms with Crippen LogP contribution in [0.2, 0.25) is 0 Å². The van der Waals surface area contributed by atoms with Gasteiger partial charge in [-0.2, -0.15) is 0 Å². The van der Waals surface area contributed by atoms with E-state index < -0.39 is 12.2 Å². The van der Waals surface area contributed by atoms with Gasteiger partial charge in [0.05, 0.1) is 6.42 Å². The molecule has 3 nitrogen and oxygen atoms in total. The Hall–Kier alpha value is -0.830. The molecular formula is C11H18O3. The normalized spacial score (nSPS) is 27.1. The van der Waals surface area contributed by atoms with E-state index in [9.17, 15) is 9.90 Å². The molecule has 0 aromatic rings. The number of rotatable bonds is 5. The lowest BCUT2D eigenvalue weighted by Gasteiger charge is -2.06. The summed E-state index contributed by atoms with van der Waals surface area (Å²) in [7, 11) is 0. The molecule has 14 heavy (non-hydrogen) atoms. The summed E-state index contributed by atoms with van der Waals surface area (Å²) in [4.78, 5) is 10.8. The number of hydrogen-bond acceptors (Lipinski definition) is 3. The van der Waals surface area contributed by atoms with Crippen LogP contribution < -0.4 is 0 Å². The zero-order chi connectivity index (χ0) is 10.4. The summed E-state index contributed by atoms with van der Waals surface area (Å²) >= 11 is 0. The fourth-order valence-electron chi connectivity index (χ4n) is 1.48. The summed E-state index contributed by atoms with van der Waals surface area (Å²) in [6, 6.07) is 0. The molecule has 2 atom stereocenters. The predicted molar refractivity (Wildman–Crippen MR) is 53.8 cm³/mol. The van der Waals surface area contributed by atoms with Crippen molar-refractivity contribution in [2.24, 2.45) is 0 Å². The van der Waals surface area contributed by atoms with Gasteiger partial charge in [0.2, 0.25) is 0 Å². The molecule has 0 spiro atoms. The van der Waals surface area contributed by atoms with Crippen molar-refractivity contribution < 1.29 is 14.6 Å². The lowest BCUT2D eigenvalue weighted by Crippen LogP contribution is -2.17. The summed E-state index contributed by atoms with van der Waals surface area (Å²) in [6.45, 7) is 2.16. The third kappa shape index (κ3) is 3.50. The maximum Gasteiger partial charge on any atom is 0.309 e. The highest BCUT2D eigenvalue weighted by atomic mass is 16.6. The van der Waals surface area contributed by atoms with Crippen LogP contribution in [0.25, 0.3) is 0 Å². The van der Waals surface area contributed by atoms with Gasteiger partial charge in [0.1, 0.15) is 12.2 Å². The highest BCUT2D eigenvalue weighted by Crippen LogP contribution is 2.16. The molecule has 0 aliphatic carbocycles. The van der Waals surface area contributed by atoms with Crippen molar-refractivity contribution in [1.82, 2.24) is 0 Å². The van der Waals surface area contributed by atoms with Crippen LogP contribution in [0.4, 0.5) is 0 Å². The van der Waals surface area contributed by atoms with E-state index in [4.69, 9.17) is 4.74 Å². The molecule has 0 bridgehead atoms. The molecule has 1 rings (SSSR count). The number of esters is 1. The fourth-order valence-corrected chi connectivity index (χ4v) is 1.48. The highest BCUT2D eigenvalue weighted by molar-refractivity contribution is 5.72. The summed E-state index contributed by atoms with van der Waals surface area (Å²) in [5.41, 5.74) is 0. The molecule has 1 heterocycles. The standard InChI is InChI=1S/C11H18O3/c1-2-3-4-5-6-7-10-9(12)8-11(13)14-10/h6-7,9-10,12H,2-5,8H2,1H3/t9-,10-/m0/s1. The summed E-state index contributed by atoms with van der Waals surface area (Å²) in [6.07, 6.45) is 7.43. The van der Waals surface area contributed by atoms with Gasteiger partial charge >= 0.3 is 5.97 Å². The van der Waals surface area contributed by atoms with Crippen molar-refractivity contribution in [1.29, 1.82) is 0 Å². The average Bonchev–Trinajstić information content (AvgIpc) is 2.45. The molecule has 1 fully saturated rings. The Kier molecular flexibility index (Phi) is 4.66. The first-order valence-electron chi connectivity index (χ1n) is 5.28. The van der Waals surface area contributed by atoms with Crippen LogP contribution in [0.1, 0.15) is 39.0 Å². The van der Waals surface area contributed by atoms with Crippen LogP contribution in [0.5, 0.6) is 0 Å². The van der Waals surface area contributed by atoms with E-state index in [1.807, 2.05) is 6.08 Å². The molecule has 0 unspecified atom stereocenters. The van der Waals surface area contributed by atoms with E-state index in [-0.39, 0.29) is 12.4 Å². The molecule has 0 aromatic carbocycles. The van der Waals surface area contributed by atoms with Crippen molar-refractivity contribution in [3.63, 3.8) is 0 Å².